The van der Waals surface area contributed by atoms with E-state index in [2.05, 4.69) is 243 Å². The zero-order valence-corrected chi connectivity index (χ0v) is 33.7. The Bertz CT molecular complexity index is 2980. The second-order valence-corrected chi connectivity index (χ2v) is 16.5. The highest BCUT2D eigenvalue weighted by Gasteiger charge is 2.47. The van der Waals surface area contributed by atoms with E-state index in [4.69, 9.17) is 4.74 Å². The molecule has 11 rings (SSSR count). The molecule has 1 aliphatic carbocycles. The van der Waals surface area contributed by atoms with Crippen molar-refractivity contribution in [3.63, 3.8) is 0 Å². The van der Waals surface area contributed by atoms with Crippen LogP contribution in [0.4, 0.5) is 17.1 Å². The molecule has 9 aromatic rings. The Morgan fingerprint density at radius 2 is 0.800 bits per heavy atom. The third-order valence-electron chi connectivity index (χ3n) is 12.8. The second kappa shape index (κ2) is 14.1. The highest BCUT2D eigenvalue weighted by molar-refractivity contribution is 5.89. The molecule has 286 valence electrons. The number of hydrogen-bond donors (Lipinski definition) is 0. The van der Waals surface area contributed by atoms with Gasteiger partial charge in [0.15, 0.2) is 0 Å². The summed E-state index contributed by atoms with van der Waals surface area (Å²) in [5, 5.41) is 0. The Kier molecular flexibility index (Phi) is 8.42. The summed E-state index contributed by atoms with van der Waals surface area (Å²) >= 11 is 0. The minimum absolute atomic E-state index is 0.225. The average Bonchev–Trinajstić information content (AvgIpc) is 3.54. The van der Waals surface area contributed by atoms with Gasteiger partial charge in [-0.1, -0.05) is 190 Å². The number of nitrogens with zero attached hydrogens (tertiary/aromatic N) is 1. The van der Waals surface area contributed by atoms with Crippen molar-refractivity contribution < 1.29 is 4.74 Å². The van der Waals surface area contributed by atoms with Crippen LogP contribution in [0.5, 0.6) is 11.5 Å². The van der Waals surface area contributed by atoms with Gasteiger partial charge in [0, 0.05) is 27.9 Å². The predicted molar refractivity (Wildman–Crippen MR) is 248 cm³/mol. The lowest BCUT2D eigenvalue weighted by molar-refractivity contribution is 0.434. The molecule has 0 N–H and O–H groups in total. The van der Waals surface area contributed by atoms with Gasteiger partial charge in [-0.25, -0.2) is 0 Å². The van der Waals surface area contributed by atoms with Crippen LogP contribution >= 0.6 is 0 Å². The molecule has 0 aromatic heterocycles. The van der Waals surface area contributed by atoms with E-state index < -0.39 is 5.41 Å². The summed E-state index contributed by atoms with van der Waals surface area (Å²) < 4.78 is 6.73. The molecule has 0 amide bonds. The molecule has 1 aliphatic heterocycles. The lowest BCUT2D eigenvalue weighted by Gasteiger charge is -2.43. The van der Waals surface area contributed by atoms with E-state index in [9.17, 15) is 0 Å². The van der Waals surface area contributed by atoms with Gasteiger partial charge in [0.05, 0.1) is 11.1 Å². The van der Waals surface area contributed by atoms with E-state index in [-0.39, 0.29) is 5.41 Å². The van der Waals surface area contributed by atoms with Gasteiger partial charge in [0.2, 0.25) is 0 Å². The topological polar surface area (TPSA) is 12.5 Å². The Morgan fingerprint density at radius 3 is 1.43 bits per heavy atom. The predicted octanol–water partition coefficient (Wildman–Crippen LogP) is 15.3. The maximum atomic E-state index is 6.73. The minimum atomic E-state index is -0.703. The first-order valence-electron chi connectivity index (χ1n) is 20.8. The molecular formula is C58H43NO. The number of anilines is 3. The van der Waals surface area contributed by atoms with E-state index in [0.29, 0.717) is 0 Å². The molecule has 1 heterocycles. The van der Waals surface area contributed by atoms with Crippen LogP contribution < -0.4 is 9.64 Å². The van der Waals surface area contributed by atoms with Gasteiger partial charge in [-0.15, -0.1) is 0 Å². The van der Waals surface area contributed by atoms with Crippen molar-refractivity contribution in [3.8, 4) is 44.9 Å². The maximum Gasteiger partial charge on any atom is 0.132 e. The molecule has 0 atom stereocenters. The number of hydrogen-bond acceptors (Lipinski definition) is 2. The zero-order chi connectivity index (χ0) is 40.3. The van der Waals surface area contributed by atoms with Gasteiger partial charge in [-0.2, -0.15) is 0 Å². The smallest absolute Gasteiger partial charge is 0.132 e. The van der Waals surface area contributed by atoms with Crippen LogP contribution in [-0.2, 0) is 10.8 Å². The Labute approximate surface area is 352 Å². The quantitative estimate of drug-likeness (QED) is 0.160. The number of ether oxygens (including phenoxy) is 1. The van der Waals surface area contributed by atoms with Crippen LogP contribution in [0, 0.1) is 0 Å². The lowest BCUT2D eigenvalue weighted by Crippen LogP contribution is -2.35. The molecule has 0 spiro atoms. The van der Waals surface area contributed by atoms with Crippen molar-refractivity contribution in [3.05, 3.63) is 258 Å². The largest absolute Gasteiger partial charge is 0.457 e. The van der Waals surface area contributed by atoms with Gasteiger partial charge >= 0.3 is 0 Å². The third-order valence-corrected chi connectivity index (χ3v) is 12.8. The van der Waals surface area contributed by atoms with Crippen LogP contribution in [0.3, 0.4) is 0 Å². The fourth-order valence-electron chi connectivity index (χ4n) is 9.96. The second-order valence-electron chi connectivity index (χ2n) is 16.5. The summed E-state index contributed by atoms with van der Waals surface area (Å²) in [4.78, 5) is 2.48. The Morgan fingerprint density at radius 1 is 0.350 bits per heavy atom. The normalized spacial score (nSPS) is 13.9. The molecule has 0 fully saturated rings. The van der Waals surface area contributed by atoms with Gasteiger partial charge < -0.3 is 9.64 Å². The summed E-state index contributed by atoms with van der Waals surface area (Å²) in [6.07, 6.45) is 0. The summed E-state index contributed by atoms with van der Waals surface area (Å²) in [5.41, 5.74) is 17.1. The van der Waals surface area contributed by atoms with Crippen molar-refractivity contribution in [2.45, 2.75) is 24.7 Å². The molecule has 0 saturated carbocycles. The van der Waals surface area contributed by atoms with Crippen LogP contribution in [-0.4, -0.2) is 0 Å². The van der Waals surface area contributed by atoms with Crippen molar-refractivity contribution in [2.24, 2.45) is 0 Å². The molecule has 0 radical (unpaired) electrons. The molecule has 60 heavy (non-hydrogen) atoms. The Hall–Kier alpha value is -7.42. The van der Waals surface area contributed by atoms with Gasteiger partial charge in [0.1, 0.15) is 11.5 Å². The minimum Gasteiger partial charge on any atom is -0.457 e. The van der Waals surface area contributed by atoms with Crippen LogP contribution in [0.15, 0.2) is 224 Å². The number of benzene rings is 9. The lowest BCUT2D eigenvalue weighted by atomic mass is 9.63. The molecule has 2 nitrogen and oxygen atoms in total. The summed E-state index contributed by atoms with van der Waals surface area (Å²) in [6, 6.07) is 81.6. The van der Waals surface area contributed by atoms with Crippen molar-refractivity contribution in [1.82, 2.24) is 0 Å². The fourth-order valence-corrected chi connectivity index (χ4v) is 9.96. The molecule has 2 aliphatic rings. The summed E-state index contributed by atoms with van der Waals surface area (Å²) in [6.45, 7) is 4.76. The van der Waals surface area contributed by atoms with Gasteiger partial charge in [-0.05, 0) is 104 Å². The molecule has 0 saturated heterocycles. The highest BCUT2D eigenvalue weighted by Crippen LogP contribution is 2.58. The van der Waals surface area contributed by atoms with Crippen LogP contribution in [0.1, 0.15) is 47.2 Å². The van der Waals surface area contributed by atoms with E-state index in [1.807, 2.05) is 0 Å². The molecule has 9 aromatic carbocycles. The van der Waals surface area contributed by atoms with Crippen molar-refractivity contribution >= 4 is 17.1 Å². The van der Waals surface area contributed by atoms with Crippen molar-refractivity contribution in [2.75, 3.05) is 4.90 Å². The zero-order valence-electron chi connectivity index (χ0n) is 33.7. The first-order chi connectivity index (χ1) is 29.5. The number of para-hydroxylation sites is 3. The van der Waals surface area contributed by atoms with Gasteiger partial charge in [-0.3, -0.25) is 0 Å². The van der Waals surface area contributed by atoms with E-state index >= 15 is 0 Å². The monoisotopic (exact) mass is 769 g/mol. The highest BCUT2D eigenvalue weighted by atomic mass is 16.5. The summed E-state index contributed by atoms with van der Waals surface area (Å²) in [5.74, 6) is 1.72. The molecular weight excluding hydrogens is 727 g/mol. The van der Waals surface area contributed by atoms with Crippen molar-refractivity contribution in [1.29, 1.82) is 0 Å². The standard InChI is InChI=1S/C58H43NO/c1-57(2)52-38-43(41-20-8-4-9-21-41)32-36-47(52)48-37-35-46(39-53(48)57)59(45-33-30-42(31-34-45)40-18-6-3-7-19-40)54-27-15-12-24-49(54)58(44-22-10-5-11-23-44)50-25-13-16-28-55(50)60-56-29-17-14-26-51(56)58/h3-39H,1-2H3. The molecule has 0 unspecified atom stereocenters. The number of fused-ring (bicyclic) bond motifs is 5. The fraction of sp³-hybridized carbons (Fsp3) is 0.0690. The first kappa shape index (κ1) is 35.7. The average molecular weight is 770 g/mol. The first-order valence-corrected chi connectivity index (χ1v) is 20.8. The van der Waals surface area contributed by atoms with E-state index in [0.717, 1.165) is 39.7 Å². The van der Waals surface area contributed by atoms with Gasteiger partial charge in [0.25, 0.3) is 0 Å². The molecule has 0 bridgehead atoms. The Balaban J connectivity index is 1.15. The molecule has 2 heteroatoms. The summed E-state index contributed by atoms with van der Waals surface area (Å²) in [7, 11) is 0. The third kappa shape index (κ3) is 5.56. The van der Waals surface area contributed by atoms with Crippen LogP contribution in [0.2, 0.25) is 0 Å². The van der Waals surface area contributed by atoms with E-state index in [1.54, 1.807) is 0 Å². The van der Waals surface area contributed by atoms with E-state index in [1.165, 1.54) is 55.6 Å². The van der Waals surface area contributed by atoms with Crippen LogP contribution in [0.25, 0.3) is 33.4 Å². The maximum absolute atomic E-state index is 6.73. The SMILES string of the molecule is CC1(C)c2cc(-c3ccccc3)ccc2-c2ccc(N(c3ccc(-c4ccccc4)cc3)c3ccccc3C3(c4ccccc4)c4ccccc4Oc4ccccc43)cc21. The number of rotatable bonds is 7.